The van der Waals surface area contributed by atoms with Gasteiger partial charge in [-0.2, -0.15) is 0 Å². The fraction of sp³-hybridized carbons (Fsp3) is 0.444. The number of ketones is 1. The number of carbonyl (C=O) groups excluding carboxylic acids is 1. The Labute approximate surface area is 103 Å². The third-order valence-corrected chi connectivity index (χ3v) is 4.18. The Bertz CT molecular complexity index is 335. The highest BCUT2D eigenvalue weighted by Gasteiger charge is 2.08. The quantitative estimate of drug-likeness (QED) is 0.613. The number of rotatable bonds is 4. The maximum Gasteiger partial charge on any atom is 0.175 e. The second kappa shape index (κ2) is 6.19. The molecule has 0 aromatic carbocycles. The molecule has 0 aliphatic rings. The van der Waals surface area contributed by atoms with Crippen molar-refractivity contribution < 1.29 is 4.79 Å². The van der Waals surface area contributed by atoms with Gasteiger partial charge < -0.3 is 4.90 Å². The van der Waals surface area contributed by atoms with Crippen molar-refractivity contribution in [2.45, 2.75) is 6.42 Å². The Kier molecular flexibility index (Phi) is 5.21. The SMILES string of the molecule is CN(C)C(=S)SCCC(=O)c1cncs1. The third kappa shape index (κ3) is 4.27. The van der Waals surface area contributed by atoms with Gasteiger partial charge in [-0.25, -0.2) is 0 Å². The van der Waals surface area contributed by atoms with Gasteiger partial charge in [0.1, 0.15) is 4.32 Å². The van der Waals surface area contributed by atoms with E-state index in [-0.39, 0.29) is 5.78 Å². The van der Waals surface area contributed by atoms with Crippen LogP contribution in [0.15, 0.2) is 11.7 Å². The van der Waals surface area contributed by atoms with Crippen LogP contribution < -0.4 is 0 Å². The monoisotopic (exact) mass is 260 g/mol. The standard InChI is InChI=1S/C9H12N2OS3/c1-11(2)9(13)14-4-3-7(12)8-5-10-6-15-8/h5-6H,3-4H2,1-2H3. The molecular formula is C9H12N2OS3. The van der Waals surface area contributed by atoms with E-state index >= 15 is 0 Å². The van der Waals surface area contributed by atoms with Gasteiger partial charge in [0, 0.05) is 32.5 Å². The van der Waals surface area contributed by atoms with Crippen molar-refractivity contribution in [3.63, 3.8) is 0 Å². The molecule has 1 rings (SSSR count). The van der Waals surface area contributed by atoms with E-state index in [0.29, 0.717) is 6.42 Å². The maximum atomic E-state index is 11.6. The highest BCUT2D eigenvalue weighted by molar-refractivity contribution is 8.22. The van der Waals surface area contributed by atoms with E-state index < -0.39 is 0 Å². The number of thiazole rings is 1. The molecule has 0 fully saturated rings. The number of Topliss-reactive ketones (excluding diaryl/α,β-unsaturated/α-hetero) is 1. The topological polar surface area (TPSA) is 33.2 Å². The molecular weight excluding hydrogens is 248 g/mol. The van der Waals surface area contributed by atoms with Crippen molar-refractivity contribution >= 4 is 45.4 Å². The number of carbonyl (C=O) groups is 1. The normalized spacial score (nSPS) is 10.0. The summed E-state index contributed by atoms with van der Waals surface area (Å²) < 4.78 is 0.812. The molecule has 1 aromatic heterocycles. The predicted molar refractivity (Wildman–Crippen MR) is 69.8 cm³/mol. The van der Waals surface area contributed by atoms with Crippen molar-refractivity contribution in [1.82, 2.24) is 9.88 Å². The fourth-order valence-electron chi connectivity index (χ4n) is 0.837. The van der Waals surface area contributed by atoms with Gasteiger partial charge in [0.05, 0.1) is 10.4 Å². The summed E-state index contributed by atoms with van der Waals surface area (Å²) in [5.41, 5.74) is 1.67. The Hall–Kier alpha value is -0.460. The van der Waals surface area contributed by atoms with Crippen LogP contribution in [0.1, 0.15) is 16.1 Å². The first-order valence-electron chi connectivity index (χ1n) is 4.37. The van der Waals surface area contributed by atoms with Crippen molar-refractivity contribution in [3.8, 4) is 0 Å². The number of thioether (sulfide) groups is 1. The number of nitrogens with zero attached hydrogens (tertiary/aromatic N) is 2. The second-order valence-electron chi connectivity index (χ2n) is 3.05. The number of hydrogen-bond donors (Lipinski definition) is 0. The van der Waals surface area contributed by atoms with E-state index in [1.54, 1.807) is 11.7 Å². The van der Waals surface area contributed by atoms with Crippen LogP contribution in [0.3, 0.4) is 0 Å². The van der Waals surface area contributed by atoms with Crippen LogP contribution in [0, 0.1) is 0 Å². The lowest BCUT2D eigenvalue weighted by Gasteiger charge is -2.11. The zero-order chi connectivity index (χ0) is 11.3. The Balaban J connectivity index is 2.27. The summed E-state index contributed by atoms with van der Waals surface area (Å²) in [6.45, 7) is 0. The molecule has 0 saturated heterocycles. The lowest BCUT2D eigenvalue weighted by Crippen LogP contribution is -2.16. The van der Waals surface area contributed by atoms with Gasteiger partial charge in [0.2, 0.25) is 0 Å². The number of thiocarbonyl (C=S) groups is 1. The molecule has 0 unspecified atom stereocenters. The fourth-order valence-corrected chi connectivity index (χ4v) is 2.40. The molecule has 0 aliphatic carbocycles. The number of aromatic nitrogens is 1. The summed E-state index contributed by atoms with van der Waals surface area (Å²) in [7, 11) is 3.81. The van der Waals surface area contributed by atoms with Gasteiger partial charge in [-0.15, -0.1) is 11.3 Å². The van der Waals surface area contributed by atoms with Gasteiger partial charge in [0.15, 0.2) is 5.78 Å². The van der Waals surface area contributed by atoms with Crippen LogP contribution in [0.2, 0.25) is 0 Å². The Morgan fingerprint density at radius 3 is 2.93 bits per heavy atom. The van der Waals surface area contributed by atoms with Gasteiger partial charge in [0.25, 0.3) is 0 Å². The maximum absolute atomic E-state index is 11.6. The minimum Gasteiger partial charge on any atom is -0.364 e. The van der Waals surface area contributed by atoms with Crippen molar-refractivity contribution in [1.29, 1.82) is 0 Å². The molecule has 1 heterocycles. The van der Waals surface area contributed by atoms with E-state index in [4.69, 9.17) is 12.2 Å². The third-order valence-electron chi connectivity index (χ3n) is 1.63. The lowest BCUT2D eigenvalue weighted by molar-refractivity contribution is 0.0993. The molecule has 0 radical (unpaired) electrons. The van der Waals surface area contributed by atoms with Crippen LogP contribution in [-0.4, -0.2) is 39.8 Å². The van der Waals surface area contributed by atoms with E-state index in [9.17, 15) is 4.79 Å². The molecule has 0 atom stereocenters. The van der Waals surface area contributed by atoms with Crippen LogP contribution >= 0.6 is 35.3 Å². The molecule has 6 heteroatoms. The largest absolute Gasteiger partial charge is 0.364 e. The Morgan fingerprint density at radius 2 is 2.40 bits per heavy atom. The molecule has 0 aliphatic heterocycles. The zero-order valence-corrected chi connectivity index (χ0v) is 11.0. The first-order valence-corrected chi connectivity index (χ1v) is 6.64. The minimum absolute atomic E-state index is 0.145. The smallest absolute Gasteiger partial charge is 0.175 e. The zero-order valence-electron chi connectivity index (χ0n) is 8.60. The van der Waals surface area contributed by atoms with Crippen LogP contribution in [-0.2, 0) is 0 Å². The Morgan fingerprint density at radius 1 is 1.67 bits per heavy atom. The van der Waals surface area contributed by atoms with E-state index in [2.05, 4.69) is 4.98 Å². The van der Waals surface area contributed by atoms with Crippen LogP contribution in [0.5, 0.6) is 0 Å². The molecule has 0 bridgehead atoms. The summed E-state index contributed by atoms with van der Waals surface area (Å²) in [5.74, 6) is 0.875. The van der Waals surface area contributed by atoms with E-state index in [1.165, 1.54) is 23.1 Å². The summed E-state index contributed by atoms with van der Waals surface area (Å²) in [6, 6.07) is 0. The van der Waals surface area contributed by atoms with Crippen molar-refractivity contribution in [3.05, 3.63) is 16.6 Å². The first kappa shape index (κ1) is 12.6. The summed E-state index contributed by atoms with van der Waals surface area (Å²) in [6.07, 6.45) is 2.13. The van der Waals surface area contributed by atoms with Crippen LogP contribution in [0.25, 0.3) is 0 Å². The molecule has 0 amide bonds. The average molecular weight is 260 g/mol. The van der Waals surface area contributed by atoms with Gasteiger partial charge >= 0.3 is 0 Å². The molecule has 15 heavy (non-hydrogen) atoms. The average Bonchev–Trinajstić information content (AvgIpc) is 2.70. The lowest BCUT2D eigenvalue weighted by atomic mass is 10.3. The molecule has 3 nitrogen and oxygen atoms in total. The highest BCUT2D eigenvalue weighted by atomic mass is 32.2. The van der Waals surface area contributed by atoms with Crippen molar-refractivity contribution in [2.24, 2.45) is 0 Å². The van der Waals surface area contributed by atoms with Gasteiger partial charge in [-0.3, -0.25) is 9.78 Å². The van der Waals surface area contributed by atoms with Crippen molar-refractivity contribution in [2.75, 3.05) is 19.8 Å². The molecule has 82 valence electrons. The molecule has 0 N–H and O–H groups in total. The highest BCUT2D eigenvalue weighted by Crippen LogP contribution is 2.13. The van der Waals surface area contributed by atoms with Gasteiger partial charge in [-0.1, -0.05) is 24.0 Å². The predicted octanol–water partition coefficient (Wildman–Crippen LogP) is 2.30. The molecule has 0 spiro atoms. The first-order chi connectivity index (χ1) is 7.11. The van der Waals surface area contributed by atoms with E-state index in [0.717, 1.165) is 15.0 Å². The summed E-state index contributed by atoms with van der Waals surface area (Å²) in [4.78, 5) is 18.0. The summed E-state index contributed by atoms with van der Waals surface area (Å²) in [5, 5.41) is 0. The second-order valence-corrected chi connectivity index (χ2v) is 5.66. The summed E-state index contributed by atoms with van der Waals surface area (Å²) >= 11 is 8.01. The minimum atomic E-state index is 0.145. The van der Waals surface area contributed by atoms with Crippen LogP contribution in [0.4, 0.5) is 0 Å². The number of hydrogen-bond acceptors (Lipinski definition) is 5. The molecule has 0 saturated carbocycles. The van der Waals surface area contributed by atoms with Gasteiger partial charge in [-0.05, 0) is 0 Å². The molecule has 1 aromatic rings. The van der Waals surface area contributed by atoms with E-state index in [1.807, 2.05) is 19.0 Å².